The maximum Gasteiger partial charge on any atom is 0.268 e. The fourth-order valence-electron chi connectivity index (χ4n) is 3.16. The molecule has 1 aromatic heterocycles. The molecule has 0 aliphatic heterocycles. The van der Waals surface area contributed by atoms with E-state index in [1.165, 1.54) is 18.2 Å². The lowest BCUT2D eigenvalue weighted by molar-refractivity contribution is 0.0947. The highest BCUT2D eigenvalue weighted by molar-refractivity contribution is 6.04. The number of carbonyl (C=O) groups is 2. The van der Waals surface area contributed by atoms with Crippen molar-refractivity contribution in [3.05, 3.63) is 57.9 Å². The molecule has 1 aliphatic carbocycles. The van der Waals surface area contributed by atoms with Gasteiger partial charge in [0.1, 0.15) is 17.3 Å². The highest BCUT2D eigenvalue weighted by Gasteiger charge is 2.26. The molecule has 1 aromatic carbocycles. The molecule has 24 heavy (non-hydrogen) atoms. The van der Waals surface area contributed by atoms with Crippen molar-refractivity contribution in [2.24, 2.45) is 0 Å². The molecule has 0 fully saturated rings. The van der Waals surface area contributed by atoms with Gasteiger partial charge in [-0.15, -0.1) is 0 Å². The lowest BCUT2D eigenvalue weighted by Crippen LogP contribution is -2.27. The van der Waals surface area contributed by atoms with Crippen molar-refractivity contribution >= 4 is 11.7 Å². The Kier molecular flexibility index (Phi) is 4.46. The number of nitrogens with one attached hydrogen (secondary N) is 2. The minimum atomic E-state index is -0.624. The van der Waals surface area contributed by atoms with Crippen molar-refractivity contribution in [2.45, 2.75) is 32.6 Å². The topological polar surface area (TPSA) is 62.0 Å². The number of benzene rings is 1. The van der Waals surface area contributed by atoms with E-state index >= 15 is 0 Å². The Balaban J connectivity index is 1.69. The van der Waals surface area contributed by atoms with Crippen LogP contribution in [0.1, 0.15) is 50.5 Å². The highest BCUT2D eigenvalue weighted by atomic mass is 19.1. The standard InChI is InChI=1S/C18H18F2N2O2/c1-10-16-14(6-3-7-15(16)23)22-17(10)18(24)21-9-8-11-12(19)4-2-5-13(11)20/h2,4-5,22H,3,6-9H2,1H3,(H,21,24). The smallest absolute Gasteiger partial charge is 0.268 e. The van der Waals surface area contributed by atoms with Gasteiger partial charge in [-0.05, 0) is 43.9 Å². The Morgan fingerprint density at radius 2 is 1.96 bits per heavy atom. The SMILES string of the molecule is Cc1c(C(=O)NCCc2c(F)cccc2F)[nH]c2c1C(=O)CCC2. The summed E-state index contributed by atoms with van der Waals surface area (Å²) in [5.41, 5.74) is 2.37. The van der Waals surface area contributed by atoms with Gasteiger partial charge in [0.2, 0.25) is 0 Å². The highest BCUT2D eigenvalue weighted by Crippen LogP contribution is 2.26. The zero-order valence-corrected chi connectivity index (χ0v) is 13.3. The number of hydrogen-bond donors (Lipinski definition) is 2. The van der Waals surface area contributed by atoms with Gasteiger partial charge in [0.15, 0.2) is 5.78 Å². The minimum absolute atomic E-state index is 0.0459. The van der Waals surface area contributed by atoms with Crippen molar-refractivity contribution in [3.8, 4) is 0 Å². The van der Waals surface area contributed by atoms with E-state index in [9.17, 15) is 18.4 Å². The Morgan fingerprint density at radius 3 is 2.62 bits per heavy atom. The van der Waals surface area contributed by atoms with Crippen LogP contribution in [0.15, 0.2) is 18.2 Å². The van der Waals surface area contributed by atoms with E-state index in [-0.39, 0.29) is 30.2 Å². The van der Waals surface area contributed by atoms with Gasteiger partial charge in [-0.25, -0.2) is 8.78 Å². The molecule has 2 N–H and O–H groups in total. The summed E-state index contributed by atoms with van der Waals surface area (Å²) in [4.78, 5) is 27.3. The first-order chi connectivity index (χ1) is 11.5. The number of rotatable bonds is 4. The van der Waals surface area contributed by atoms with Crippen LogP contribution in [0.4, 0.5) is 8.78 Å². The van der Waals surface area contributed by atoms with Crippen LogP contribution in [0.3, 0.4) is 0 Å². The molecule has 0 saturated carbocycles. The van der Waals surface area contributed by atoms with Crippen LogP contribution in [-0.4, -0.2) is 23.2 Å². The Hall–Kier alpha value is -2.50. The Bertz CT molecular complexity index is 791. The second-order valence-corrected chi connectivity index (χ2v) is 5.96. The normalized spacial score (nSPS) is 13.7. The monoisotopic (exact) mass is 332 g/mol. The summed E-state index contributed by atoms with van der Waals surface area (Å²) >= 11 is 0. The first-order valence-electron chi connectivity index (χ1n) is 7.94. The van der Waals surface area contributed by atoms with Crippen molar-refractivity contribution in [1.82, 2.24) is 10.3 Å². The van der Waals surface area contributed by atoms with Crippen LogP contribution in [0.25, 0.3) is 0 Å². The van der Waals surface area contributed by atoms with Crippen molar-refractivity contribution < 1.29 is 18.4 Å². The van der Waals surface area contributed by atoms with E-state index in [4.69, 9.17) is 0 Å². The number of aryl methyl sites for hydroxylation is 1. The molecule has 4 nitrogen and oxygen atoms in total. The third-order valence-corrected chi connectivity index (χ3v) is 4.39. The van der Waals surface area contributed by atoms with Crippen LogP contribution >= 0.6 is 0 Å². The number of H-pyrrole nitrogens is 1. The fourth-order valence-corrected chi connectivity index (χ4v) is 3.16. The number of carbonyl (C=O) groups excluding carboxylic acids is 2. The molecule has 0 spiro atoms. The fraction of sp³-hybridized carbons (Fsp3) is 0.333. The first-order valence-corrected chi connectivity index (χ1v) is 7.94. The van der Waals surface area contributed by atoms with Crippen LogP contribution in [0.5, 0.6) is 0 Å². The zero-order chi connectivity index (χ0) is 17.3. The number of aromatic amines is 1. The molecule has 0 atom stereocenters. The zero-order valence-electron chi connectivity index (χ0n) is 13.3. The summed E-state index contributed by atoms with van der Waals surface area (Å²) < 4.78 is 27.1. The summed E-state index contributed by atoms with van der Waals surface area (Å²) in [5.74, 6) is -1.56. The molecule has 0 saturated heterocycles. The number of Topliss-reactive ketones (excluding diaryl/α,β-unsaturated/α-hetero) is 1. The minimum Gasteiger partial charge on any atom is -0.354 e. The van der Waals surface area contributed by atoms with Gasteiger partial charge < -0.3 is 10.3 Å². The molecule has 1 aliphatic rings. The number of fused-ring (bicyclic) bond motifs is 1. The van der Waals surface area contributed by atoms with Gasteiger partial charge in [0, 0.05) is 29.8 Å². The van der Waals surface area contributed by atoms with Gasteiger partial charge in [0.25, 0.3) is 5.91 Å². The number of aromatic nitrogens is 1. The predicted octanol–water partition coefficient (Wildman–Crippen LogP) is 3.09. The van der Waals surface area contributed by atoms with E-state index in [1.807, 2.05) is 0 Å². The molecular formula is C18H18F2N2O2. The molecule has 0 bridgehead atoms. The number of halogens is 2. The van der Waals surface area contributed by atoms with Crippen molar-refractivity contribution in [3.63, 3.8) is 0 Å². The quantitative estimate of drug-likeness (QED) is 0.904. The lowest BCUT2D eigenvalue weighted by atomic mass is 9.94. The van der Waals surface area contributed by atoms with Crippen molar-refractivity contribution in [2.75, 3.05) is 6.54 Å². The van der Waals surface area contributed by atoms with Gasteiger partial charge >= 0.3 is 0 Å². The molecule has 126 valence electrons. The van der Waals surface area contributed by atoms with E-state index in [0.29, 0.717) is 23.2 Å². The van der Waals surface area contributed by atoms with Crippen LogP contribution in [0.2, 0.25) is 0 Å². The van der Waals surface area contributed by atoms with Gasteiger partial charge in [-0.3, -0.25) is 9.59 Å². The molecule has 0 radical (unpaired) electrons. The predicted molar refractivity (Wildman–Crippen MR) is 85.2 cm³/mol. The van der Waals surface area contributed by atoms with Crippen LogP contribution in [0, 0.1) is 18.6 Å². The molecule has 1 amide bonds. The van der Waals surface area contributed by atoms with Gasteiger partial charge in [-0.2, -0.15) is 0 Å². The molecular weight excluding hydrogens is 314 g/mol. The van der Waals surface area contributed by atoms with E-state index in [2.05, 4.69) is 10.3 Å². The summed E-state index contributed by atoms with van der Waals surface area (Å²) in [7, 11) is 0. The third kappa shape index (κ3) is 2.96. The van der Waals surface area contributed by atoms with E-state index < -0.39 is 11.6 Å². The first kappa shape index (κ1) is 16.4. The molecule has 1 heterocycles. The summed E-state index contributed by atoms with van der Waals surface area (Å²) in [6, 6.07) is 3.68. The van der Waals surface area contributed by atoms with E-state index in [1.54, 1.807) is 6.92 Å². The second kappa shape index (κ2) is 6.55. The number of amides is 1. The largest absolute Gasteiger partial charge is 0.354 e. The maximum atomic E-state index is 13.6. The number of hydrogen-bond acceptors (Lipinski definition) is 2. The maximum absolute atomic E-state index is 13.6. The molecule has 6 heteroatoms. The van der Waals surface area contributed by atoms with E-state index in [0.717, 1.165) is 18.5 Å². The summed E-state index contributed by atoms with van der Waals surface area (Å²) in [6.07, 6.45) is 2.08. The Labute approximate surface area is 138 Å². The molecule has 2 aromatic rings. The molecule has 3 rings (SSSR count). The average Bonchev–Trinajstić information content (AvgIpc) is 2.88. The number of ketones is 1. The van der Waals surface area contributed by atoms with Crippen LogP contribution in [-0.2, 0) is 12.8 Å². The summed E-state index contributed by atoms with van der Waals surface area (Å²) in [6.45, 7) is 1.84. The van der Waals surface area contributed by atoms with Crippen molar-refractivity contribution in [1.29, 1.82) is 0 Å². The second-order valence-electron chi connectivity index (χ2n) is 5.96. The van der Waals surface area contributed by atoms with Gasteiger partial charge in [0.05, 0.1) is 0 Å². The third-order valence-electron chi connectivity index (χ3n) is 4.39. The molecule has 0 unspecified atom stereocenters. The average molecular weight is 332 g/mol. The van der Waals surface area contributed by atoms with Gasteiger partial charge in [-0.1, -0.05) is 6.07 Å². The lowest BCUT2D eigenvalue weighted by Gasteiger charge is -2.09. The van der Waals surface area contributed by atoms with Crippen LogP contribution < -0.4 is 5.32 Å². The summed E-state index contributed by atoms with van der Waals surface area (Å²) in [5, 5.41) is 2.65. The Morgan fingerprint density at radius 1 is 1.25 bits per heavy atom.